The molecule has 1 aliphatic carbocycles. The second-order valence-electron chi connectivity index (χ2n) is 5.40. The van der Waals surface area contributed by atoms with Gasteiger partial charge in [-0.05, 0) is 30.5 Å². The van der Waals surface area contributed by atoms with E-state index >= 15 is 0 Å². The fraction of sp³-hybridized carbons (Fsp3) is 0.467. The summed E-state index contributed by atoms with van der Waals surface area (Å²) >= 11 is 0. The van der Waals surface area contributed by atoms with Gasteiger partial charge in [-0.2, -0.15) is 0 Å². The zero-order valence-electron chi connectivity index (χ0n) is 11.1. The van der Waals surface area contributed by atoms with Crippen LogP contribution in [0.3, 0.4) is 0 Å². The third-order valence-electron chi connectivity index (χ3n) is 4.06. The number of carboxylic acids is 1. The van der Waals surface area contributed by atoms with E-state index in [4.69, 9.17) is 10.1 Å². The highest BCUT2D eigenvalue weighted by molar-refractivity contribution is 5.79. The van der Waals surface area contributed by atoms with Gasteiger partial charge >= 0.3 is 5.97 Å². The molecule has 0 unspecified atom stereocenters. The Hall–Kier alpha value is -1.84. The molecular formula is C15H18N2O2. The van der Waals surface area contributed by atoms with Crippen molar-refractivity contribution in [2.45, 2.75) is 38.0 Å². The number of imidazole rings is 1. The molecule has 0 bridgehead atoms. The van der Waals surface area contributed by atoms with Gasteiger partial charge in [-0.25, -0.2) is 4.98 Å². The number of aromatic nitrogens is 2. The summed E-state index contributed by atoms with van der Waals surface area (Å²) in [7, 11) is 2.06. The Balaban J connectivity index is 2.01. The SMILES string of the molecule is Cn1c(C2CCCC2)nc2cc(CC(=O)O)ccc21. The van der Waals surface area contributed by atoms with Crippen LogP contribution >= 0.6 is 0 Å². The Bertz CT molecular complexity index is 624. The lowest BCUT2D eigenvalue weighted by Crippen LogP contribution is -2.02. The summed E-state index contributed by atoms with van der Waals surface area (Å²) in [6, 6.07) is 5.78. The molecule has 1 N–H and O–H groups in total. The largest absolute Gasteiger partial charge is 0.481 e. The van der Waals surface area contributed by atoms with E-state index in [1.807, 2.05) is 18.2 Å². The highest BCUT2D eigenvalue weighted by Gasteiger charge is 2.22. The smallest absolute Gasteiger partial charge is 0.307 e. The number of carboxylic acid groups (broad SMARTS) is 1. The van der Waals surface area contributed by atoms with Crippen LogP contribution in [0.4, 0.5) is 0 Å². The molecule has 1 fully saturated rings. The molecular weight excluding hydrogens is 240 g/mol. The third-order valence-corrected chi connectivity index (χ3v) is 4.06. The van der Waals surface area contributed by atoms with E-state index in [1.54, 1.807) is 0 Å². The Morgan fingerprint density at radius 3 is 2.84 bits per heavy atom. The molecule has 2 aromatic rings. The van der Waals surface area contributed by atoms with Gasteiger partial charge in [0.2, 0.25) is 0 Å². The molecule has 4 heteroatoms. The Morgan fingerprint density at radius 1 is 1.42 bits per heavy atom. The summed E-state index contributed by atoms with van der Waals surface area (Å²) in [5.41, 5.74) is 2.83. The first-order valence-corrected chi connectivity index (χ1v) is 6.82. The van der Waals surface area contributed by atoms with Gasteiger partial charge in [0.1, 0.15) is 5.82 Å². The Morgan fingerprint density at radius 2 is 2.16 bits per heavy atom. The van der Waals surface area contributed by atoms with Crippen molar-refractivity contribution < 1.29 is 9.90 Å². The van der Waals surface area contributed by atoms with Crippen LogP contribution in [0.2, 0.25) is 0 Å². The summed E-state index contributed by atoms with van der Waals surface area (Å²) in [4.78, 5) is 15.5. The summed E-state index contributed by atoms with van der Waals surface area (Å²) in [6.45, 7) is 0. The van der Waals surface area contributed by atoms with Gasteiger partial charge in [0.15, 0.2) is 0 Å². The number of hydrogen-bond acceptors (Lipinski definition) is 2. The first-order valence-electron chi connectivity index (χ1n) is 6.82. The Kier molecular flexibility index (Phi) is 3.01. The number of hydrogen-bond donors (Lipinski definition) is 1. The number of nitrogens with zero attached hydrogens (tertiary/aromatic N) is 2. The molecule has 1 aliphatic rings. The van der Waals surface area contributed by atoms with Crippen molar-refractivity contribution in [3.63, 3.8) is 0 Å². The maximum Gasteiger partial charge on any atom is 0.307 e. The van der Waals surface area contributed by atoms with E-state index in [0.717, 1.165) is 22.4 Å². The van der Waals surface area contributed by atoms with Gasteiger partial charge < -0.3 is 9.67 Å². The van der Waals surface area contributed by atoms with Gasteiger partial charge in [-0.15, -0.1) is 0 Å². The second-order valence-corrected chi connectivity index (χ2v) is 5.40. The van der Waals surface area contributed by atoms with Crippen LogP contribution < -0.4 is 0 Å². The summed E-state index contributed by atoms with van der Waals surface area (Å²) < 4.78 is 2.16. The van der Waals surface area contributed by atoms with Crippen LogP contribution in [0.25, 0.3) is 11.0 Å². The summed E-state index contributed by atoms with van der Waals surface area (Å²) in [5.74, 6) is 0.923. The van der Waals surface area contributed by atoms with Crippen LogP contribution in [0.5, 0.6) is 0 Å². The fourth-order valence-corrected chi connectivity index (χ4v) is 3.10. The molecule has 0 amide bonds. The van der Waals surface area contributed by atoms with Crippen molar-refractivity contribution in [2.75, 3.05) is 0 Å². The van der Waals surface area contributed by atoms with Gasteiger partial charge in [0, 0.05) is 13.0 Å². The normalized spacial score (nSPS) is 16.3. The van der Waals surface area contributed by atoms with Crippen molar-refractivity contribution in [1.29, 1.82) is 0 Å². The molecule has 3 rings (SSSR count). The molecule has 100 valence electrons. The number of benzene rings is 1. The molecule has 0 atom stereocenters. The summed E-state index contributed by atoms with van der Waals surface area (Å²) in [6.07, 6.45) is 5.08. The van der Waals surface area contributed by atoms with E-state index in [0.29, 0.717) is 5.92 Å². The van der Waals surface area contributed by atoms with Crippen molar-refractivity contribution >= 4 is 17.0 Å². The van der Waals surface area contributed by atoms with Crippen LogP contribution in [0.1, 0.15) is 43.0 Å². The molecule has 0 spiro atoms. The third kappa shape index (κ3) is 2.23. The minimum atomic E-state index is -0.800. The van der Waals surface area contributed by atoms with E-state index < -0.39 is 5.97 Å². The Labute approximate surface area is 112 Å². The van der Waals surface area contributed by atoms with E-state index in [9.17, 15) is 4.79 Å². The van der Waals surface area contributed by atoms with Crippen molar-refractivity contribution in [3.8, 4) is 0 Å². The number of aryl methyl sites for hydroxylation is 1. The van der Waals surface area contributed by atoms with Gasteiger partial charge in [0.25, 0.3) is 0 Å². The number of fused-ring (bicyclic) bond motifs is 1. The van der Waals surface area contributed by atoms with Crippen LogP contribution in [-0.2, 0) is 18.3 Å². The lowest BCUT2D eigenvalue weighted by Gasteiger charge is -2.08. The zero-order valence-corrected chi connectivity index (χ0v) is 11.1. The first-order chi connectivity index (χ1) is 9.15. The van der Waals surface area contributed by atoms with Gasteiger partial charge in [0.05, 0.1) is 17.5 Å². The minimum Gasteiger partial charge on any atom is -0.481 e. The van der Waals surface area contributed by atoms with Crippen molar-refractivity contribution in [3.05, 3.63) is 29.6 Å². The first kappa shape index (κ1) is 12.2. The van der Waals surface area contributed by atoms with E-state index in [-0.39, 0.29) is 6.42 Å². The fourth-order valence-electron chi connectivity index (χ4n) is 3.10. The number of rotatable bonds is 3. The van der Waals surface area contributed by atoms with E-state index in [1.165, 1.54) is 25.7 Å². The predicted molar refractivity (Wildman–Crippen MR) is 73.3 cm³/mol. The predicted octanol–water partition coefficient (Wildman–Crippen LogP) is 2.86. The maximum absolute atomic E-state index is 10.8. The topological polar surface area (TPSA) is 55.1 Å². The second kappa shape index (κ2) is 4.68. The molecule has 4 nitrogen and oxygen atoms in total. The average molecular weight is 258 g/mol. The van der Waals surface area contributed by atoms with Crippen LogP contribution in [-0.4, -0.2) is 20.6 Å². The standard InChI is InChI=1S/C15H18N2O2/c1-17-13-7-6-10(9-14(18)19)8-12(13)16-15(17)11-4-2-3-5-11/h6-8,11H,2-5,9H2,1H3,(H,18,19). The highest BCUT2D eigenvalue weighted by Crippen LogP contribution is 2.34. The van der Waals surface area contributed by atoms with Crippen molar-refractivity contribution in [1.82, 2.24) is 9.55 Å². The van der Waals surface area contributed by atoms with Crippen LogP contribution in [0, 0.1) is 0 Å². The number of aliphatic carboxylic acids is 1. The highest BCUT2D eigenvalue weighted by atomic mass is 16.4. The quantitative estimate of drug-likeness (QED) is 0.921. The lowest BCUT2D eigenvalue weighted by atomic mass is 10.1. The molecule has 0 aliphatic heterocycles. The molecule has 1 aromatic heterocycles. The van der Waals surface area contributed by atoms with Crippen molar-refractivity contribution in [2.24, 2.45) is 7.05 Å². The monoisotopic (exact) mass is 258 g/mol. The molecule has 1 heterocycles. The molecule has 19 heavy (non-hydrogen) atoms. The van der Waals surface area contributed by atoms with E-state index in [2.05, 4.69) is 11.6 Å². The maximum atomic E-state index is 10.8. The van der Waals surface area contributed by atoms with Gasteiger partial charge in [-0.1, -0.05) is 18.9 Å². The zero-order chi connectivity index (χ0) is 13.4. The molecule has 1 saturated carbocycles. The number of carbonyl (C=O) groups is 1. The minimum absolute atomic E-state index is 0.0608. The molecule has 0 radical (unpaired) electrons. The molecule has 1 aromatic carbocycles. The molecule has 0 saturated heterocycles. The average Bonchev–Trinajstić information content (AvgIpc) is 2.96. The lowest BCUT2D eigenvalue weighted by molar-refractivity contribution is -0.136. The van der Waals surface area contributed by atoms with Gasteiger partial charge in [-0.3, -0.25) is 4.79 Å². The summed E-state index contributed by atoms with van der Waals surface area (Å²) in [5, 5.41) is 8.85. The van der Waals surface area contributed by atoms with Crippen LogP contribution in [0.15, 0.2) is 18.2 Å².